The van der Waals surface area contributed by atoms with Gasteiger partial charge in [0.15, 0.2) is 11.4 Å². The van der Waals surface area contributed by atoms with Gasteiger partial charge >= 0.3 is 11.8 Å². The Morgan fingerprint density at radius 3 is 2.26 bits per heavy atom. The number of Topliss-reactive ketones (excluding diaryl/α,β-unsaturated/α-hetero) is 1. The minimum atomic E-state index is -1.96. The van der Waals surface area contributed by atoms with Crippen LogP contribution >= 0.6 is 0 Å². The molecule has 62 heavy (non-hydrogen) atoms. The largest absolute Gasteiger partial charge is 0.507 e. The summed E-state index contributed by atoms with van der Waals surface area (Å²) in [6, 6.07) is 0. The van der Waals surface area contributed by atoms with Crippen molar-refractivity contribution in [3.8, 4) is 17.2 Å². The molecule has 1 fully saturated rings. The van der Waals surface area contributed by atoms with Gasteiger partial charge in [0.1, 0.15) is 28.6 Å². The standard InChI is InChI=1S/C47H64N4O11/c1-23(2)15-19-51-20-17-47(18-21-51)49-35-32-33-40(55)29(8)43-34(32)44(57)46(10,62-43)60-22-16-31(59-11)26(5)42(61-30(9)52)28(7)39(54)27(6)38(53)24(3)13-12-14-25(4)45(58)48-37(41(33)56)36(35)50-47/h12-14,16,22-24,26-28,31,38-39,42,53-56H,15,17-21H2,1-11H3,(H,48,58)/b13-12-,22-16-,25-14+/t24-,26-,27+,28+,31-,38-,39+,42-,46-/m0/s1. The number of hydrogen-bond donors (Lipinski definition) is 5. The van der Waals surface area contributed by atoms with Gasteiger partial charge in [-0.05, 0) is 38.8 Å². The van der Waals surface area contributed by atoms with Gasteiger partial charge in [-0.1, -0.05) is 59.8 Å². The van der Waals surface area contributed by atoms with E-state index in [1.807, 2.05) is 0 Å². The van der Waals surface area contributed by atoms with Crippen molar-refractivity contribution >= 4 is 34.1 Å². The first kappa shape index (κ1) is 46.7. The van der Waals surface area contributed by atoms with Crippen LogP contribution in [0.2, 0.25) is 0 Å². The molecule has 4 aliphatic rings. The van der Waals surface area contributed by atoms with Gasteiger partial charge in [-0.3, -0.25) is 24.4 Å². The average Bonchev–Trinajstić information content (AvgIpc) is 3.73. The number of allylic oxidation sites excluding steroid dienone is 2. The molecule has 2 aromatic carbocycles. The molecule has 5 N–H and O–H groups in total. The van der Waals surface area contributed by atoms with Gasteiger partial charge in [0.05, 0.1) is 40.9 Å². The molecule has 2 aromatic rings. The molecule has 15 nitrogen and oxygen atoms in total. The second-order valence-corrected chi connectivity index (χ2v) is 18.3. The van der Waals surface area contributed by atoms with Crippen LogP contribution in [0.25, 0.3) is 10.8 Å². The molecule has 0 aliphatic carbocycles. The zero-order valence-corrected chi connectivity index (χ0v) is 37.8. The number of methoxy groups -OCH3 is 1. The summed E-state index contributed by atoms with van der Waals surface area (Å²) >= 11 is 0. The fourth-order valence-corrected chi connectivity index (χ4v) is 9.17. The third-order valence-electron chi connectivity index (χ3n) is 13.3. The number of aliphatic hydroxyl groups is 2. The van der Waals surface area contributed by atoms with E-state index in [9.17, 15) is 34.8 Å². The number of esters is 1. The number of benzene rings is 2. The number of aromatic hydroxyl groups is 2. The first-order valence-corrected chi connectivity index (χ1v) is 21.7. The van der Waals surface area contributed by atoms with E-state index in [0.29, 0.717) is 31.8 Å². The van der Waals surface area contributed by atoms with E-state index >= 15 is 0 Å². The number of ketones is 1. The summed E-state index contributed by atoms with van der Waals surface area (Å²) in [6.07, 6.45) is 6.10. The number of carbonyl (C=O) groups is 3. The highest BCUT2D eigenvalue weighted by atomic mass is 16.7. The van der Waals surface area contributed by atoms with Crippen molar-refractivity contribution < 1.29 is 53.8 Å². The Morgan fingerprint density at radius 1 is 0.968 bits per heavy atom. The van der Waals surface area contributed by atoms with Crippen LogP contribution in [0.15, 0.2) is 46.1 Å². The molecule has 1 spiro atoms. The van der Waals surface area contributed by atoms with Crippen molar-refractivity contribution in [2.24, 2.45) is 39.6 Å². The third-order valence-corrected chi connectivity index (χ3v) is 13.3. The van der Waals surface area contributed by atoms with Crippen molar-refractivity contribution in [3.63, 3.8) is 0 Å². The molecule has 0 unspecified atom stereocenters. The maximum atomic E-state index is 14.7. The van der Waals surface area contributed by atoms with Gasteiger partial charge < -0.3 is 49.6 Å². The summed E-state index contributed by atoms with van der Waals surface area (Å²) in [7, 11) is 1.47. The molecule has 6 rings (SSSR count). The molecule has 0 radical (unpaired) electrons. The summed E-state index contributed by atoms with van der Waals surface area (Å²) in [5.41, 5.74) is -0.564. The lowest BCUT2D eigenvalue weighted by atomic mass is 9.78. The molecule has 0 aromatic heterocycles. The maximum Gasteiger partial charge on any atom is 0.312 e. The molecule has 15 heteroatoms. The lowest BCUT2D eigenvalue weighted by Crippen LogP contribution is -2.46. The number of piperidine rings is 1. The van der Waals surface area contributed by atoms with Crippen molar-refractivity contribution in [1.29, 1.82) is 0 Å². The Morgan fingerprint density at radius 2 is 1.63 bits per heavy atom. The van der Waals surface area contributed by atoms with Crippen molar-refractivity contribution in [2.75, 3.05) is 32.1 Å². The number of nitrogens with one attached hydrogen (secondary N) is 1. The van der Waals surface area contributed by atoms with Gasteiger partial charge in [-0.15, -0.1) is 0 Å². The number of phenols is 2. The summed E-state index contributed by atoms with van der Waals surface area (Å²) in [5.74, 6) is -6.35. The molecule has 4 aliphatic heterocycles. The fraction of sp³-hybridized carbons (Fsp3) is 0.596. The highest BCUT2D eigenvalue weighted by Crippen LogP contribution is 2.50. The van der Waals surface area contributed by atoms with E-state index in [1.54, 1.807) is 65.8 Å². The number of fused-ring (bicyclic) bond motifs is 1. The van der Waals surface area contributed by atoms with E-state index in [0.717, 1.165) is 13.0 Å². The Labute approximate surface area is 363 Å². The van der Waals surface area contributed by atoms with Crippen LogP contribution in [0, 0.1) is 36.5 Å². The van der Waals surface area contributed by atoms with E-state index in [2.05, 4.69) is 24.1 Å². The van der Waals surface area contributed by atoms with Crippen LogP contribution in [0.5, 0.6) is 17.2 Å². The number of carbonyl (C=O) groups excluding carboxylic acids is 3. The van der Waals surface area contributed by atoms with E-state index in [-0.39, 0.29) is 55.4 Å². The number of phenolic OH excluding ortho intramolecular Hbond substituents is 2. The van der Waals surface area contributed by atoms with E-state index in [1.165, 1.54) is 27.2 Å². The number of amides is 1. The molecule has 4 heterocycles. The molecule has 0 saturated carbocycles. The topological polar surface area (TPSA) is 209 Å². The maximum absolute atomic E-state index is 14.7. The highest BCUT2D eigenvalue weighted by Gasteiger charge is 2.50. The third kappa shape index (κ3) is 8.73. The SMILES string of the molecule is CO[C@H]1/C=C\O[C@@]2(C)Oc3c(C)c(O)c4c(O)c(c5c(c4c3C2=O)=NC2(CCN(CCC(C)C)CC2)N=5)NC(=O)/C(C)=C/C=C\[C@H](C)[C@H](O)[C@@H](C)[C@@H](O)[C@@H](C)[C@@H](OC(C)=O)[C@H]1C. The van der Waals surface area contributed by atoms with Crippen LogP contribution in [0.1, 0.15) is 97.5 Å². The van der Waals surface area contributed by atoms with Crippen LogP contribution in [0.3, 0.4) is 0 Å². The van der Waals surface area contributed by atoms with E-state index < -0.39 is 82.9 Å². The van der Waals surface area contributed by atoms with Gasteiger partial charge in [0.25, 0.3) is 11.7 Å². The Bertz CT molecular complexity index is 2310. The number of nitrogens with zero attached hydrogens (tertiary/aromatic N) is 3. The first-order chi connectivity index (χ1) is 29.1. The minimum absolute atomic E-state index is 0.0384. The van der Waals surface area contributed by atoms with Crippen molar-refractivity contribution in [1.82, 2.24) is 4.90 Å². The summed E-state index contributed by atoms with van der Waals surface area (Å²) in [5, 5.41) is 50.3. The predicted octanol–water partition coefficient (Wildman–Crippen LogP) is 5.14. The summed E-state index contributed by atoms with van der Waals surface area (Å²) in [4.78, 5) is 53.8. The first-order valence-electron chi connectivity index (χ1n) is 21.7. The number of ether oxygens (including phenoxy) is 4. The molecular formula is C47H64N4O11. The summed E-state index contributed by atoms with van der Waals surface area (Å²) < 4.78 is 24.0. The molecular weight excluding hydrogens is 797 g/mol. The van der Waals surface area contributed by atoms with Crippen molar-refractivity contribution in [3.05, 3.63) is 58.0 Å². The van der Waals surface area contributed by atoms with Gasteiger partial charge in [-0.2, -0.15) is 0 Å². The van der Waals surface area contributed by atoms with Crippen molar-refractivity contribution in [2.45, 2.75) is 124 Å². The number of likely N-dealkylation sites (tertiary alicyclic amines) is 1. The lowest BCUT2D eigenvalue weighted by molar-refractivity contribution is -0.160. The molecule has 338 valence electrons. The summed E-state index contributed by atoms with van der Waals surface area (Å²) in [6.45, 7) is 19.6. The average molecular weight is 861 g/mol. The lowest BCUT2D eigenvalue weighted by Gasteiger charge is -2.38. The molecule has 1 saturated heterocycles. The van der Waals surface area contributed by atoms with Gasteiger partial charge in [0.2, 0.25) is 0 Å². The minimum Gasteiger partial charge on any atom is -0.507 e. The number of aliphatic hydroxyl groups excluding tert-OH is 2. The molecule has 9 atom stereocenters. The van der Waals surface area contributed by atoms with Crippen LogP contribution in [-0.2, 0) is 23.8 Å². The normalized spacial score (nSPS) is 32.3. The smallest absolute Gasteiger partial charge is 0.312 e. The van der Waals surface area contributed by atoms with Crippen LogP contribution in [-0.4, -0.2) is 106 Å². The fourth-order valence-electron chi connectivity index (χ4n) is 9.17. The van der Waals surface area contributed by atoms with Crippen LogP contribution < -0.4 is 20.8 Å². The molecule has 1 amide bonds. The number of anilines is 1. The Hall–Kier alpha value is -4.83. The Balaban J connectivity index is 1.53. The second-order valence-electron chi connectivity index (χ2n) is 18.3. The quantitative estimate of drug-likeness (QED) is 0.196. The highest BCUT2D eigenvalue weighted by molar-refractivity contribution is 6.19. The van der Waals surface area contributed by atoms with Gasteiger partial charge in [-0.25, -0.2) is 0 Å². The Kier molecular flexibility index (Phi) is 13.6. The van der Waals surface area contributed by atoms with Gasteiger partial charge in [0, 0.05) is 87.1 Å². The molecule has 4 bridgehead atoms. The number of rotatable bonds is 5. The van der Waals surface area contributed by atoms with Crippen LogP contribution in [0.4, 0.5) is 5.69 Å². The van der Waals surface area contributed by atoms with E-state index in [4.69, 9.17) is 28.9 Å². The predicted molar refractivity (Wildman–Crippen MR) is 232 cm³/mol. The zero-order valence-electron chi connectivity index (χ0n) is 37.8. The second kappa shape index (κ2) is 18.1. The zero-order chi connectivity index (χ0) is 45.6. The monoisotopic (exact) mass is 860 g/mol. The number of hydrogen-bond acceptors (Lipinski definition) is 14.